The molecule has 4 nitrogen and oxygen atoms in total. The van der Waals surface area contributed by atoms with Crippen LogP contribution in [0.2, 0.25) is 0 Å². The first-order chi connectivity index (χ1) is 7.70. The highest BCUT2D eigenvalue weighted by Crippen LogP contribution is 1.90. The lowest BCUT2D eigenvalue weighted by Crippen LogP contribution is -2.04. The van der Waals surface area contributed by atoms with E-state index in [0.717, 1.165) is 18.6 Å². The maximum Gasteiger partial charge on any atom is 0.331 e. The van der Waals surface area contributed by atoms with Crippen LogP contribution in [0.3, 0.4) is 0 Å². The maximum atomic E-state index is 11.0. The molecule has 0 rings (SSSR count). The summed E-state index contributed by atoms with van der Waals surface area (Å²) in [6.45, 7) is 4.34. The first-order valence-corrected chi connectivity index (χ1v) is 5.37. The van der Waals surface area contributed by atoms with Crippen molar-refractivity contribution in [3.63, 3.8) is 0 Å². The number of rotatable bonds is 7. The molecular formula is C12H18O4. The predicted molar refractivity (Wildman–Crippen MR) is 60.8 cm³/mol. The molecule has 0 amide bonds. The highest BCUT2D eigenvalue weighted by Gasteiger charge is 1.98. The summed E-state index contributed by atoms with van der Waals surface area (Å²) in [5.74, 6) is -1.07. The molecule has 0 saturated carbocycles. The Labute approximate surface area is 95.9 Å². The Bertz CT molecular complexity index is 266. The molecule has 0 aromatic carbocycles. The van der Waals surface area contributed by atoms with Crippen LogP contribution in [0, 0.1) is 0 Å². The molecule has 0 aromatic heterocycles. The minimum Gasteiger partial charge on any atom is -0.463 e. The van der Waals surface area contributed by atoms with Crippen LogP contribution >= 0.6 is 0 Å². The molecule has 0 heterocycles. The van der Waals surface area contributed by atoms with Crippen LogP contribution in [0.15, 0.2) is 24.3 Å². The lowest BCUT2D eigenvalue weighted by molar-refractivity contribution is -0.140. The van der Waals surface area contributed by atoms with Crippen molar-refractivity contribution in [3.05, 3.63) is 24.3 Å². The Hall–Kier alpha value is -1.58. The van der Waals surface area contributed by atoms with Crippen molar-refractivity contribution in [1.29, 1.82) is 0 Å². The molecule has 0 radical (unpaired) electrons. The van der Waals surface area contributed by atoms with E-state index in [4.69, 9.17) is 4.74 Å². The normalized spacial score (nSPS) is 10.9. The molecule has 0 aliphatic rings. The van der Waals surface area contributed by atoms with Gasteiger partial charge in [0, 0.05) is 12.2 Å². The molecule has 0 fully saturated rings. The fraction of sp³-hybridized carbons (Fsp3) is 0.500. The molecule has 0 aliphatic heterocycles. The molecule has 0 saturated heterocycles. The molecule has 4 heteroatoms. The summed E-state index contributed by atoms with van der Waals surface area (Å²) in [5, 5.41) is 0. The molecule has 0 spiro atoms. The number of carbonyl (C=O) groups is 2. The maximum absolute atomic E-state index is 11.0. The number of hydrogen-bond acceptors (Lipinski definition) is 4. The van der Waals surface area contributed by atoms with Gasteiger partial charge >= 0.3 is 11.9 Å². The van der Waals surface area contributed by atoms with Gasteiger partial charge in [0.15, 0.2) is 0 Å². The molecule has 90 valence electrons. The van der Waals surface area contributed by atoms with Crippen LogP contribution in [-0.2, 0) is 19.1 Å². The summed E-state index contributed by atoms with van der Waals surface area (Å²) in [7, 11) is 0. The average molecular weight is 226 g/mol. The third-order valence-corrected chi connectivity index (χ3v) is 1.57. The number of carbonyl (C=O) groups excluding carboxylic acids is 2. The van der Waals surface area contributed by atoms with Crippen molar-refractivity contribution in [2.75, 3.05) is 13.2 Å². The molecule has 16 heavy (non-hydrogen) atoms. The zero-order valence-corrected chi connectivity index (χ0v) is 9.77. The topological polar surface area (TPSA) is 52.6 Å². The van der Waals surface area contributed by atoms with E-state index in [-0.39, 0.29) is 0 Å². The molecule has 0 aromatic rings. The van der Waals surface area contributed by atoms with Crippen molar-refractivity contribution in [1.82, 2.24) is 0 Å². The predicted octanol–water partition coefficient (Wildman–Crippen LogP) is 2.01. The second kappa shape index (κ2) is 9.96. The Morgan fingerprint density at radius 1 is 1.00 bits per heavy atom. The first-order valence-electron chi connectivity index (χ1n) is 5.37. The Morgan fingerprint density at radius 3 is 2.19 bits per heavy atom. The van der Waals surface area contributed by atoms with Gasteiger partial charge in [-0.3, -0.25) is 0 Å². The van der Waals surface area contributed by atoms with E-state index in [9.17, 15) is 9.59 Å². The highest BCUT2D eigenvalue weighted by molar-refractivity contribution is 5.91. The summed E-state index contributed by atoms with van der Waals surface area (Å²) in [6, 6.07) is 0. The van der Waals surface area contributed by atoms with Crippen molar-refractivity contribution in [3.8, 4) is 0 Å². The summed E-state index contributed by atoms with van der Waals surface area (Å²) in [4.78, 5) is 21.9. The molecule has 0 bridgehead atoms. The quantitative estimate of drug-likeness (QED) is 0.288. The zero-order chi connectivity index (χ0) is 12.2. The van der Waals surface area contributed by atoms with Crippen LogP contribution in [0.5, 0.6) is 0 Å². The summed E-state index contributed by atoms with van der Waals surface area (Å²) in [6.07, 6.45) is 7.74. The Balaban J connectivity index is 3.65. The first kappa shape index (κ1) is 14.4. The second-order valence-electron chi connectivity index (χ2n) is 2.92. The number of hydrogen-bond donors (Lipinski definition) is 0. The monoisotopic (exact) mass is 226 g/mol. The smallest absolute Gasteiger partial charge is 0.331 e. The second-order valence-corrected chi connectivity index (χ2v) is 2.92. The van der Waals surface area contributed by atoms with Crippen molar-refractivity contribution < 1.29 is 19.1 Å². The van der Waals surface area contributed by atoms with E-state index < -0.39 is 11.9 Å². The van der Waals surface area contributed by atoms with Crippen LogP contribution in [0.25, 0.3) is 0 Å². The van der Waals surface area contributed by atoms with E-state index in [1.807, 2.05) is 19.1 Å². The summed E-state index contributed by atoms with van der Waals surface area (Å²) < 4.78 is 9.44. The van der Waals surface area contributed by atoms with E-state index in [2.05, 4.69) is 4.74 Å². The van der Waals surface area contributed by atoms with Gasteiger partial charge in [-0.15, -0.1) is 0 Å². The minimum atomic E-state index is -0.537. The highest BCUT2D eigenvalue weighted by atomic mass is 16.5. The molecule has 0 unspecified atom stereocenters. The molecular weight excluding hydrogens is 208 g/mol. The standard InChI is InChI=1S/C12H18O4/c1-3-5-6-7-10-16-12(14)9-8-11(13)15-4-2/h5-6,8-9H,3-4,7,10H2,1-2H3. The molecule has 0 aliphatic carbocycles. The van der Waals surface area contributed by atoms with E-state index in [1.165, 1.54) is 0 Å². The van der Waals surface area contributed by atoms with E-state index >= 15 is 0 Å². The van der Waals surface area contributed by atoms with Crippen molar-refractivity contribution in [2.45, 2.75) is 26.7 Å². The fourth-order valence-corrected chi connectivity index (χ4v) is 0.887. The van der Waals surface area contributed by atoms with Gasteiger partial charge in [0.05, 0.1) is 13.2 Å². The van der Waals surface area contributed by atoms with Gasteiger partial charge in [-0.05, 0) is 19.8 Å². The Kier molecular flexibility index (Phi) is 8.97. The lowest BCUT2D eigenvalue weighted by atomic mass is 10.3. The van der Waals surface area contributed by atoms with Gasteiger partial charge in [0.1, 0.15) is 0 Å². The number of ether oxygens (including phenoxy) is 2. The molecule has 0 N–H and O–H groups in total. The van der Waals surface area contributed by atoms with Crippen LogP contribution in [-0.4, -0.2) is 25.2 Å². The third kappa shape index (κ3) is 8.99. The Morgan fingerprint density at radius 2 is 1.62 bits per heavy atom. The molecule has 0 atom stereocenters. The van der Waals surface area contributed by atoms with Crippen molar-refractivity contribution >= 4 is 11.9 Å². The van der Waals surface area contributed by atoms with Gasteiger partial charge in [-0.25, -0.2) is 9.59 Å². The zero-order valence-electron chi connectivity index (χ0n) is 9.77. The van der Waals surface area contributed by atoms with Gasteiger partial charge in [0.2, 0.25) is 0 Å². The van der Waals surface area contributed by atoms with Gasteiger partial charge < -0.3 is 9.47 Å². The summed E-state index contributed by atoms with van der Waals surface area (Å²) >= 11 is 0. The minimum absolute atomic E-state index is 0.292. The fourth-order valence-electron chi connectivity index (χ4n) is 0.887. The van der Waals surface area contributed by atoms with Crippen LogP contribution in [0.1, 0.15) is 26.7 Å². The van der Waals surface area contributed by atoms with Crippen molar-refractivity contribution in [2.24, 2.45) is 0 Å². The SMILES string of the molecule is CCC=CCCOC(=O)C=CC(=O)OCC. The van der Waals surface area contributed by atoms with E-state index in [1.54, 1.807) is 6.92 Å². The van der Waals surface area contributed by atoms with E-state index in [0.29, 0.717) is 19.6 Å². The van der Waals surface area contributed by atoms with Gasteiger partial charge in [-0.1, -0.05) is 19.1 Å². The lowest BCUT2D eigenvalue weighted by Gasteiger charge is -1.98. The van der Waals surface area contributed by atoms with Crippen LogP contribution < -0.4 is 0 Å². The van der Waals surface area contributed by atoms with Crippen LogP contribution in [0.4, 0.5) is 0 Å². The van der Waals surface area contributed by atoms with Gasteiger partial charge in [0.25, 0.3) is 0 Å². The summed E-state index contributed by atoms with van der Waals surface area (Å²) in [5.41, 5.74) is 0. The van der Waals surface area contributed by atoms with Gasteiger partial charge in [-0.2, -0.15) is 0 Å². The number of allylic oxidation sites excluding steroid dienone is 1. The average Bonchev–Trinajstić information content (AvgIpc) is 2.26. The third-order valence-electron chi connectivity index (χ3n) is 1.57. The largest absolute Gasteiger partial charge is 0.463 e. The number of esters is 2.